The molecule has 2 N–H and O–H groups in total. The van der Waals surface area contributed by atoms with Crippen LogP contribution >= 0.6 is 21.6 Å². The number of hydrogen-bond acceptors (Lipinski definition) is 4. The fourth-order valence-corrected chi connectivity index (χ4v) is 5.18. The summed E-state index contributed by atoms with van der Waals surface area (Å²) in [5, 5.41) is 12.2. The number of aryl methyl sites for hydroxylation is 1. The van der Waals surface area contributed by atoms with Crippen molar-refractivity contribution in [2.24, 2.45) is 5.41 Å². The van der Waals surface area contributed by atoms with Crippen molar-refractivity contribution in [3.8, 4) is 0 Å². The molecule has 3 nitrogen and oxygen atoms in total. The number of aliphatic hydroxyl groups is 1. The SMILES string of the molecule is Cc1ccc(C(=O)NCC2(CO)CSSC2)c(F)c1. The van der Waals surface area contributed by atoms with Gasteiger partial charge in [-0.3, -0.25) is 4.79 Å². The van der Waals surface area contributed by atoms with Crippen LogP contribution in [0.3, 0.4) is 0 Å². The Morgan fingerprint density at radius 1 is 1.47 bits per heavy atom. The Labute approximate surface area is 119 Å². The van der Waals surface area contributed by atoms with Crippen LogP contribution in [-0.4, -0.2) is 35.7 Å². The topological polar surface area (TPSA) is 49.3 Å². The number of benzene rings is 1. The Balaban J connectivity index is 2.01. The van der Waals surface area contributed by atoms with E-state index >= 15 is 0 Å². The number of aliphatic hydroxyl groups excluding tert-OH is 1. The van der Waals surface area contributed by atoms with Gasteiger partial charge >= 0.3 is 0 Å². The van der Waals surface area contributed by atoms with Crippen molar-refractivity contribution in [1.82, 2.24) is 5.32 Å². The highest BCUT2D eigenvalue weighted by molar-refractivity contribution is 8.77. The molecule has 0 bridgehead atoms. The van der Waals surface area contributed by atoms with Gasteiger partial charge in [0.2, 0.25) is 0 Å². The normalized spacial score (nSPS) is 17.4. The van der Waals surface area contributed by atoms with E-state index in [1.165, 1.54) is 12.1 Å². The largest absolute Gasteiger partial charge is 0.396 e. The highest BCUT2D eigenvalue weighted by atomic mass is 33.1. The molecule has 0 radical (unpaired) electrons. The fraction of sp³-hybridized carbons (Fsp3) is 0.462. The Kier molecular flexibility index (Phi) is 4.76. The number of hydrogen-bond donors (Lipinski definition) is 2. The summed E-state index contributed by atoms with van der Waals surface area (Å²) in [4.78, 5) is 11.9. The summed E-state index contributed by atoms with van der Waals surface area (Å²) in [7, 11) is 3.38. The van der Waals surface area contributed by atoms with Crippen LogP contribution in [0.25, 0.3) is 0 Å². The number of halogens is 1. The molecular formula is C13H16FNO2S2. The Bertz CT molecular complexity index is 476. The Morgan fingerprint density at radius 3 is 2.74 bits per heavy atom. The van der Waals surface area contributed by atoms with Crippen LogP contribution in [0.5, 0.6) is 0 Å². The van der Waals surface area contributed by atoms with E-state index in [0.717, 1.165) is 17.1 Å². The number of amides is 1. The van der Waals surface area contributed by atoms with Gasteiger partial charge in [0.1, 0.15) is 5.82 Å². The maximum absolute atomic E-state index is 13.7. The van der Waals surface area contributed by atoms with Gasteiger partial charge in [-0.15, -0.1) is 0 Å². The minimum atomic E-state index is -0.509. The molecule has 1 fully saturated rings. The standard InChI is InChI=1S/C13H16FNO2S2/c1-9-2-3-10(11(14)4-9)12(17)15-5-13(6-16)7-18-19-8-13/h2-4,16H,5-8H2,1H3,(H,15,17). The lowest BCUT2D eigenvalue weighted by Gasteiger charge is -2.24. The highest BCUT2D eigenvalue weighted by Crippen LogP contribution is 2.42. The van der Waals surface area contributed by atoms with Crippen LogP contribution in [0.15, 0.2) is 18.2 Å². The van der Waals surface area contributed by atoms with E-state index in [1.54, 1.807) is 34.6 Å². The lowest BCUT2D eigenvalue weighted by atomic mass is 9.94. The molecule has 0 aliphatic carbocycles. The van der Waals surface area contributed by atoms with Gasteiger partial charge in [0, 0.05) is 23.5 Å². The van der Waals surface area contributed by atoms with Crippen molar-refractivity contribution < 1.29 is 14.3 Å². The smallest absolute Gasteiger partial charge is 0.254 e. The summed E-state index contributed by atoms with van der Waals surface area (Å²) in [6.45, 7) is 2.18. The second kappa shape index (κ2) is 6.15. The van der Waals surface area contributed by atoms with E-state index in [0.29, 0.717) is 6.54 Å². The van der Waals surface area contributed by atoms with Gasteiger partial charge in [-0.2, -0.15) is 0 Å². The maximum Gasteiger partial charge on any atom is 0.254 e. The lowest BCUT2D eigenvalue weighted by Crippen LogP contribution is -2.42. The van der Waals surface area contributed by atoms with Gasteiger partial charge in [0.15, 0.2) is 0 Å². The molecule has 0 atom stereocenters. The van der Waals surface area contributed by atoms with E-state index in [4.69, 9.17) is 0 Å². The van der Waals surface area contributed by atoms with Crippen molar-refractivity contribution in [2.75, 3.05) is 24.7 Å². The van der Waals surface area contributed by atoms with Crippen molar-refractivity contribution in [2.45, 2.75) is 6.92 Å². The molecule has 0 unspecified atom stereocenters. The van der Waals surface area contributed by atoms with Gasteiger partial charge in [0.25, 0.3) is 5.91 Å². The predicted octanol–water partition coefficient (Wildman–Crippen LogP) is 2.24. The molecule has 1 saturated heterocycles. The van der Waals surface area contributed by atoms with Crippen molar-refractivity contribution in [1.29, 1.82) is 0 Å². The maximum atomic E-state index is 13.7. The Morgan fingerprint density at radius 2 is 2.16 bits per heavy atom. The van der Waals surface area contributed by atoms with Gasteiger partial charge in [-0.05, 0) is 24.6 Å². The summed E-state index contributed by atoms with van der Waals surface area (Å²) < 4.78 is 13.7. The number of nitrogens with one attached hydrogen (secondary N) is 1. The summed E-state index contributed by atoms with van der Waals surface area (Å²) >= 11 is 0. The van der Waals surface area contributed by atoms with Gasteiger partial charge < -0.3 is 10.4 Å². The zero-order chi connectivity index (χ0) is 13.9. The molecule has 0 spiro atoms. The van der Waals surface area contributed by atoms with E-state index in [2.05, 4.69) is 5.32 Å². The molecule has 19 heavy (non-hydrogen) atoms. The third-order valence-corrected chi connectivity index (χ3v) is 5.98. The van der Waals surface area contributed by atoms with Gasteiger partial charge in [-0.1, -0.05) is 27.7 Å². The average molecular weight is 301 g/mol. The van der Waals surface area contributed by atoms with E-state index < -0.39 is 11.7 Å². The van der Waals surface area contributed by atoms with E-state index in [-0.39, 0.29) is 17.6 Å². The zero-order valence-electron chi connectivity index (χ0n) is 10.6. The number of carbonyl (C=O) groups excluding carboxylic acids is 1. The summed E-state index contributed by atoms with van der Waals surface area (Å²) in [6.07, 6.45) is 0. The summed E-state index contributed by atoms with van der Waals surface area (Å²) in [5.41, 5.74) is 0.549. The van der Waals surface area contributed by atoms with Crippen LogP contribution in [-0.2, 0) is 0 Å². The van der Waals surface area contributed by atoms with Crippen molar-refractivity contribution in [3.05, 3.63) is 35.1 Å². The monoisotopic (exact) mass is 301 g/mol. The van der Waals surface area contributed by atoms with E-state index in [1.807, 2.05) is 0 Å². The van der Waals surface area contributed by atoms with Crippen LogP contribution in [0.2, 0.25) is 0 Å². The quantitative estimate of drug-likeness (QED) is 0.838. The molecule has 1 aliphatic heterocycles. The molecule has 1 aromatic rings. The average Bonchev–Trinajstić information content (AvgIpc) is 2.85. The summed E-state index contributed by atoms with van der Waals surface area (Å²) in [6, 6.07) is 4.54. The second-order valence-electron chi connectivity index (χ2n) is 4.85. The lowest BCUT2D eigenvalue weighted by molar-refractivity contribution is 0.0914. The van der Waals surface area contributed by atoms with E-state index in [9.17, 15) is 14.3 Å². The zero-order valence-corrected chi connectivity index (χ0v) is 12.2. The molecule has 6 heteroatoms. The van der Waals surface area contributed by atoms with Gasteiger partial charge in [-0.25, -0.2) is 4.39 Å². The molecule has 0 aromatic heterocycles. The first-order valence-corrected chi connectivity index (χ1v) is 8.45. The molecule has 2 rings (SSSR count). The third kappa shape index (κ3) is 3.43. The first-order chi connectivity index (χ1) is 9.06. The number of carbonyl (C=O) groups is 1. The second-order valence-corrected chi connectivity index (χ2v) is 7.31. The van der Waals surface area contributed by atoms with Gasteiger partial charge in [0.05, 0.1) is 12.2 Å². The minimum absolute atomic E-state index is 0.0314. The molecule has 104 valence electrons. The highest BCUT2D eigenvalue weighted by Gasteiger charge is 2.35. The minimum Gasteiger partial charge on any atom is -0.396 e. The molecule has 1 aromatic carbocycles. The first kappa shape index (κ1) is 14.7. The summed E-state index contributed by atoms with van der Waals surface area (Å²) in [5.74, 6) is 0.660. The fourth-order valence-electron chi connectivity index (χ4n) is 1.79. The van der Waals surface area contributed by atoms with Crippen molar-refractivity contribution in [3.63, 3.8) is 0 Å². The van der Waals surface area contributed by atoms with Crippen LogP contribution in [0.4, 0.5) is 4.39 Å². The van der Waals surface area contributed by atoms with Crippen LogP contribution < -0.4 is 5.32 Å². The number of rotatable bonds is 4. The van der Waals surface area contributed by atoms with Crippen LogP contribution in [0, 0.1) is 18.2 Å². The van der Waals surface area contributed by atoms with Crippen molar-refractivity contribution >= 4 is 27.5 Å². The molecule has 0 saturated carbocycles. The molecule has 1 amide bonds. The molecular weight excluding hydrogens is 285 g/mol. The third-order valence-electron chi connectivity index (χ3n) is 3.14. The van der Waals surface area contributed by atoms with Crippen LogP contribution in [0.1, 0.15) is 15.9 Å². The predicted molar refractivity (Wildman–Crippen MR) is 77.9 cm³/mol. The molecule has 1 aliphatic rings. The molecule has 1 heterocycles. The Hall–Kier alpha value is -0.720. The first-order valence-electron chi connectivity index (χ1n) is 5.96.